The second-order valence-electron chi connectivity index (χ2n) is 7.11. The minimum atomic E-state index is 0.963. The third kappa shape index (κ3) is 4.13. The Morgan fingerprint density at radius 1 is 1.08 bits per heavy atom. The van der Waals surface area contributed by atoms with Crippen molar-refractivity contribution in [1.82, 2.24) is 10.3 Å². The molecule has 1 heterocycles. The van der Waals surface area contributed by atoms with E-state index in [-0.39, 0.29) is 0 Å². The molecule has 1 aromatic rings. The van der Waals surface area contributed by atoms with E-state index in [0.717, 1.165) is 50.4 Å². The largest absolute Gasteiger partial charge is 0.384 e. The van der Waals surface area contributed by atoms with Crippen molar-refractivity contribution in [3.63, 3.8) is 0 Å². The van der Waals surface area contributed by atoms with Crippen molar-refractivity contribution >= 4 is 16.9 Å². The predicted molar refractivity (Wildman–Crippen MR) is 113 cm³/mol. The third-order valence-electron chi connectivity index (χ3n) is 5.46. The summed E-state index contributed by atoms with van der Waals surface area (Å²) in [6.45, 7) is 13.1. The Hall–Kier alpha value is -2.20. The van der Waals surface area contributed by atoms with Gasteiger partial charge >= 0.3 is 0 Å². The molecule has 140 valence electrons. The van der Waals surface area contributed by atoms with Gasteiger partial charge in [-0.1, -0.05) is 31.6 Å². The van der Waals surface area contributed by atoms with Crippen LogP contribution in [-0.2, 0) is 0 Å². The highest BCUT2D eigenvalue weighted by atomic mass is 15.4. The number of rotatable bonds is 6. The normalized spacial score (nSPS) is 20.5. The van der Waals surface area contributed by atoms with Crippen LogP contribution in [0.1, 0.15) is 46.1 Å². The van der Waals surface area contributed by atoms with E-state index in [2.05, 4.69) is 79.1 Å². The highest BCUT2D eigenvalue weighted by molar-refractivity contribution is 5.88. The van der Waals surface area contributed by atoms with Crippen molar-refractivity contribution in [2.45, 2.75) is 40.5 Å². The molecule has 0 aromatic heterocycles. The van der Waals surface area contributed by atoms with Crippen LogP contribution in [-0.4, -0.2) is 31.1 Å². The molecule has 0 amide bonds. The Kier molecular flexibility index (Phi) is 6.04. The SMILES string of the molecule is CCN(CC)CCNc1ccc2c(c1)NNC1=C2/C=C(C)\C(C)=C/CC1. The lowest BCUT2D eigenvalue weighted by molar-refractivity contribution is 0.316. The first-order valence-corrected chi connectivity index (χ1v) is 9.83. The Morgan fingerprint density at radius 3 is 2.65 bits per heavy atom. The molecule has 0 atom stereocenters. The molecular weight excluding hydrogens is 320 g/mol. The fourth-order valence-electron chi connectivity index (χ4n) is 3.55. The maximum atomic E-state index is 3.55. The van der Waals surface area contributed by atoms with Gasteiger partial charge in [0.05, 0.1) is 5.69 Å². The smallest absolute Gasteiger partial charge is 0.0639 e. The van der Waals surface area contributed by atoms with Crippen LogP contribution in [0.5, 0.6) is 0 Å². The summed E-state index contributed by atoms with van der Waals surface area (Å²) in [6, 6.07) is 6.64. The summed E-state index contributed by atoms with van der Waals surface area (Å²) in [5, 5.41) is 3.55. The summed E-state index contributed by atoms with van der Waals surface area (Å²) in [7, 11) is 0. The standard InChI is InChI=1S/C22H32N4/c1-5-26(6-2)13-12-23-18-10-11-19-20-14-17(4)16(3)8-7-9-21(20)24-25-22(19)15-18/h8,10-11,14-15,23-25H,5-7,9,12-13H2,1-4H3/b16-8-,17-14-. The fraction of sp³-hybridized carbons (Fsp3) is 0.455. The van der Waals surface area contributed by atoms with Gasteiger partial charge in [0.2, 0.25) is 0 Å². The second-order valence-corrected chi connectivity index (χ2v) is 7.11. The number of allylic oxidation sites excluding steroid dienone is 6. The van der Waals surface area contributed by atoms with E-state index in [1.807, 2.05) is 0 Å². The van der Waals surface area contributed by atoms with E-state index in [0.29, 0.717) is 0 Å². The zero-order valence-electron chi connectivity index (χ0n) is 16.6. The first-order valence-electron chi connectivity index (χ1n) is 9.83. The van der Waals surface area contributed by atoms with E-state index in [1.54, 1.807) is 0 Å². The minimum Gasteiger partial charge on any atom is -0.384 e. The zero-order valence-corrected chi connectivity index (χ0v) is 16.6. The summed E-state index contributed by atoms with van der Waals surface area (Å²) in [6.07, 6.45) is 6.76. The third-order valence-corrected chi connectivity index (χ3v) is 5.46. The second kappa shape index (κ2) is 8.45. The Labute approximate surface area is 158 Å². The van der Waals surface area contributed by atoms with Crippen molar-refractivity contribution in [1.29, 1.82) is 0 Å². The van der Waals surface area contributed by atoms with Crippen molar-refractivity contribution in [2.24, 2.45) is 0 Å². The monoisotopic (exact) mass is 352 g/mol. The van der Waals surface area contributed by atoms with Gasteiger partial charge in [-0.3, -0.25) is 0 Å². The first-order chi connectivity index (χ1) is 12.6. The Balaban J connectivity index is 1.78. The van der Waals surface area contributed by atoms with Crippen molar-refractivity contribution in [3.8, 4) is 0 Å². The number of hydrazine groups is 1. The van der Waals surface area contributed by atoms with Crippen LogP contribution >= 0.6 is 0 Å². The zero-order chi connectivity index (χ0) is 18.5. The molecule has 0 unspecified atom stereocenters. The van der Waals surface area contributed by atoms with Crippen molar-refractivity contribution < 1.29 is 0 Å². The van der Waals surface area contributed by atoms with E-state index >= 15 is 0 Å². The first kappa shape index (κ1) is 18.6. The maximum absolute atomic E-state index is 3.55. The lowest BCUT2D eigenvalue weighted by atomic mass is 9.92. The van der Waals surface area contributed by atoms with Crippen LogP contribution in [0, 0.1) is 0 Å². The minimum absolute atomic E-state index is 0.963. The number of anilines is 2. The summed E-state index contributed by atoms with van der Waals surface area (Å²) in [5.41, 5.74) is 15.7. The van der Waals surface area contributed by atoms with Gasteiger partial charge in [0.1, 0.15) is 0 Å². The van der Waals surface area contributed by atoms with Gasteiger partial charge in [-0.25, -0.2) is 0 Å². The Bertz CT molecular complexity index is 739. The molecule has 0 saturated heterocycles. The Morgan fingerprint density at radius 2 is 1.88 bits per heavy atom. The molecular formula is C22H32N4. The predicted octanol–water partition coefficient (Wildman–Crippen LogP) is 4.77. The summed E-state index contributed by atoms with van der Waals surface area (Å²) >= 11 is 0. The number of fused-ring (bicyclic) bond motifs is 2. The van der Waals surface area contributed by atoms with Crippen LogP contribution in [0.15, 0.2) is 47.2 Å². The molecule has 0 saturated carbocycles. The molecule has 0 bridgehead atoms. The van der Waals surface area contributed by atoms with Gasteiger partial charge < -0.3 is 21.1 Å². The quantitative estimate of drug-likeness (QED) is 0.690. The molecule has 26 heavy (non-hydrogen) atoms. The highest BCUT2D eigenvalue weighted by Gasteiger charge is 2.18. The van der Waals surface area contributed by atoms with Gasteiger partial charge in [0.15, 0.2) is 0 Å². The van der Waals surface area contributed by atoms with Gasteiger partial charge in [-0.2, -0.15) is 0 Å². The molecule has 0 spiro atoms. The average Bonchev–Trinajstić information content (AvgIpc) is 2.65. The number of likely N-dealkylation sites (N-methyl/N-ethyl adjacent to an activating group) is 1. The van der Waals surface area contributed by atoms with Crippen molar-refractivity contribution in [3.05, 3.63) is 52.8 Å². The molecule has 1 aliphatic carbocycles. The number of nitrogens with zero attached hydrogens (tertiary/aromatic N) is 1. The van der Waals surface area contributed by atoms with Gasteiger partial charge in [-0.05, 0) is 63.6 Å². The van der Waals surface area contributed by atoms with Crippen LogP contribution in [0.25, 0.3) is 5.57 Å². The maximum Gasteiger partial charge on any atom is 0.0639 e. The summed E-state index contributed by atoms with van der Waals surface area (Å²) < 4.78 is 0. The lowest BCUT2D eigenvalue weighted by Gasteiger charge is -2.27. The fourth-order valence-corrected chi connectivity index (χ4v) is 3.55. The molecule has 0 fully saturated rings. The molecule has 4 heteroatoms. The number of nitrogens with one attached hydrogen (secondary N) is 3. The van der Waals surface area contributed by atoms with Gasteiger partial charge in [0.25, 0.3) is 0 Å². The van der Waals surface area contributed by atoms with E-state index in [1.165, 1.54) is 28.0 Å². The van der Waals surface area contributed by atoms with Gasteiger partial charge in [0, 0.05) is 35.6 Å². The van der Waals surface area contributed by atoms with Crippen LogP contribution in [0.3, 0.4) is 0 Å². The highest BCUT2D eigenvalue weighted by Crippen LogP contribution is 2.36. The molecule has 0 radical (unpaired) electrons. The van der Waals surface area contributed by atoms with Crippen LogP contribution < -0.4 is 16.2 Å². The number of hydrogen-bond acceptors (Lipinski definition) is 4. The van der Waals surface area contributed by atoms with E-state index in [9.17, 15) is 0 Å². The topological polar surface area (TPSA) is 39.3 Å². The molecule has 3 N–H and O–H groups in total. The van der Waals surface area contributed by atoms with E-state index in [4.69, 9.17) is 0 Å². The molecule has 1 aliphatic heterocycles. The van der Waals surface area contributed by atoms with E-state index < -0.39 is 0 Å². The summed E-state index contributed by atoms with van der Waals surface area (Å²) in [4.78, 5) is 2.43. The van der Waals surface area contributed by atoms with Crippen LogP contribution in [0.4, 0.5) is 11.4 Å². The molecule has 4 nitrogen and oxygen atoms in total. The average molecular weight is 353 g/mol. The summed E-state index contributed by atoms with van der Waals surface area (Å²) in [5.74, 6) is 0. The van der Waals surface area contributed by atoms with Gasteiger partial charge in [-0.15, -0.1) is 0 Å². The number of hydrogen-bond donors (Lipinski definition) is 3. The molecule has 1 aromatic carbocycles. The van der Waals surface area contributed by atoms with Crippen molar-refractivity contribution in [2.75, 3.05) is 36.9 Å². The molecule has 2 aliphatic rings. The molecule has 3 rings (SSSR count). The van der Waals surface area contributed by atoms with Crippen LogP contribution in [0.2, 0.25) is 0 Å². The number of benzene rings is 1. The lowest BCUT2D eigenvalue weighted by Crippen LogP contribution is -2.29.